The first-order chi connectivity index (χ1) is 14.3. The number of aromatic nitrogens is 3. The highest BCUT2D eigenvalue weighted by atomic mass is 19.4. The van der Waals surface area contributed by atoms with E-state index in [9.17, 15) is 18.0 Å². The summed E-state index contributed by atoms with van der Waals surface area (Å²) in [4.78, 5) is 17.0. The molecule has 0 atom stereocenters. The Hall–Kier alpha value is -3.88. The second kappa shape index (κ2) is 7.51. The molecular weight excluding hydrogens is 397 g/mol. The Kier molecular flexibility index (Phi) is 4.86. The van der Waals surface area contributed by atoms with Gasteiger partial charge in [-0.15, -0.1) is 5.10 Å². The van der Waals surface area contributed by atoms with Crippen LogP contribution in [0.5, 0.6) is 5.88 Å². The van der Waals surface area contributed by atoms with Gasteiger partial charge >= 0.3 is 6.18 Å². The van der Waals surface area contributed by atoms with Gasteiger partial charge in [-0.05, 0) is 30.3 Å². The predicted molar refractivity (Wildman–Crippen MR) is 104 cm³/mol. The van der Waals surface area contributed by atoms with Crippen molar-refractivity contribution in [2.75, 3.05) is 12.4 Å². The number of rotatable bonds is 4. The fourth-order valence-electron chi connectivity index (χ4n) is 3.00. The van der Waals surface area contributed by atoms with Gasteiger partial charge in [-0.3, -0.25) is 4.79 Å². The fourth-order valence-corrected chi connectivity index (χ4v) is 3.00. The number of benzene rings is 2. The van der Waals surface area contributed by atoms with Crippen LogP contribution >= 0.6 is 0 Å². The SMILES string of the molecule is COc1ccc2nc(-c3cccc(NC(=O)c4ccccc4C(F)(F)F)c3)cn2n1. The van der Waals surface area contributed by atoms with Gasteiger partial charge < -0.3 is 10.1 Å². The lowest BCUT2D eigenvalue weighted by atomic mass is 10.1. The standard InChI is InChI=1S/C21H15F3N4O2/c1-30-19-10-9-18-26-17(12-28(18)27-19)13-5-4-6-14(11-13)25-20(29)15-7-2-3-8-16(15)21(22,23)24/h2-12H,1H3,(H,25,29). The molecule has 0 fully saturated rings. The Morgan fingerprint density at radius 1 is 1.07 bits per heavy atom. The lowest BCUT2D eigenvalue weighted by Crippen LogP contribution is -2.18. The van der Waals surface area contributed by atoms with E-state index in [2.05, 4.69) is 15.4 Å². The Morgan fingerprint density at radius 2 is 1.87 bits per heavy atom. The van der Waals surface area contributed by atoms with Crippen LogP contribution in [0, 0.1) is 0 Å². The Labute approximate surface area is 168 Å². The zero-order valence-corrected chi connectivity index (χ0v) is 15.6. The minimum atomic E-state index is -4.62. The number of halogens is 3. The molecule has 0 aliphatic heterocycles. The maximum Gasteiger partial charge on any atom is 0.417 e. The van der Waals surface area contributed by atoms with Crippen molar-refractivity contribution in [2.24, 2.45) is 0 Å². The molecule has 0 aliphatic carbocycles. The summed E-state index contributed by atoms with van der Waals surface area (Å²) in [5.41, 5.74) is 0.763. The van der Waals surface area contributed by atoms with Crippen molar-refractivity contribution in [1.82, 2.24) is 14.6 Å². The normalized spacial score (nSPS) is 11.5. The molecule has 2 heterocycles. The summed E-state index contributed by atoms with van der Waals surface area (Å²) in [7, 11) is 1.51. The van der Waals surface area contributed by atoms with E-state index < -0.39 is 23.2 Å². The molecule has 6 nitrogen and oxygen atoms in total. The summed E-state index contributed by atoms with van der Waals surface area (Å²) >= 11 is 0. The van der Waals surface area contributed by atoms with E-state index in [1.54, 1.807) is 47.1 Å². The van der Waals surface area contributed by atoms with Gasteiger partial charge in [0.2, 0.25) is 5.88 Å². The number of alkyl halides is 3. The lowest BCUT2D eigenvalue weighted by Gasteiger charge is -2.13. The van der Waals surface area contributed by atoms with Crippen molar-refractivity contribution >= 4 is 17.2 Å². The highest BCUT2D eigenvalue weighted by Crippen LogP contribution is 2.32. The molecule has 0 saturated heterocycles. The van der Waals surface area contributed by atoms with Crippen molar-refractivity contribution in [3.63, 3.8) is 0 Å². The Morgan fingerprint density at radius 3 is 2.63 bits per heavy atom. The third kappa shape index (κ3) is 3.82. The zero-order valence-electron chi connectivity index (χ0n) is 15.6. The molecule has 2 aromatic carbocycles. The summed E-state index contributed by atoms with van der Waals surface area (Å²) in [5, 5.41) is 6.76. The molecule has 4 rings (SSSR count). The van der Waals surface area contributed by atoms with Crippen molar-refractivity contribution in [1.29, 1.82) is 0 Å². The lowest BCUT2D eigenvalue weighted by molar-refractivity contribution is -0.137. The van der Waals surface area contributed by atoms with Crippen LogP contribution in [0.1, 0.15) is 15.9 Å². The molecule has 9 heteroatoms. The molecule has 0 saturated carbocycles. The van der Waals surface area contributed by atoms with Crippen LogP contribution in [0.3, 0.4) is 0 Å². The quantitative estimate of drug-likeness (QED) is 0.529. The molecular formula is C21H15F3N4O2. The third-order valence-electron chi connectivity index (χ3n) is 4.40. The minimum absolute atomic E-state index is 0.345. The molecule has 0 unspecified atom stereocenters. The van der Waals surface area contributed by atoms with Crippen LogP contribution in [0.4, 0.5) is 18.9 Å². The maximum absolute atomic E-state index is 13.2. The van der Waals surface area contributed by atoms with Gasteiger partial charge in [0, 0.05) is 17.3 Å². The predicted octanol–water partition coefficient (Wildman–Crippen LogP) is 4.68. The van der Waals surface area contributed by atoms with Crippen LogP contribution in [0.25, 0.3) is 16.9 Å². The molecule has 0 radical (unpaired) electrons. The molecule has 0 bridgehead atoms. The first-order valence-corrected chi connectivity index (χ1v) is 8.83. The first-order valence-electron chi connectivity index (χ1n) is 8.83. The van der Waals surface area contributed by atoms with Gasteiger partial charge in [-0.1, -0.05) is 24.3 Å². The number of ether oxygens (including phenoxy) is 1. The third-order valence-corrected chi connectivity index (χ3v) is 4.40. The molecule has 152 valence electrons. The van der Waals surface area contributed by atoms with E-state index >= 15 is 0 Å². The monoisotopic (exact) mass is 412 g/mol. The molecule has 0 aliphatic rings. The smallest absolute Gasteiger partial charge is 0.417 e. The number of hydrogen-bond donors (Lipinski definition) is 1. The number of fused-ring (bicyclic) bond motifs is 1. The largest absolute Gasteiger partial charge is 0.480 e. The van der Waals surface area contributed by atoms with E-state index in [-0.39, 0.29) is 0 Å². The summed E-state index contributed by atoms with van der Waals surface area (Å²) in [6.45, 7) is 0. The van der Waals surface area contributed by atoms with E-state index in [4.69, 9.17) is 4.74 Å². The highest BCUT2D eigenvalue weighted by Gasteiger charge is 2.34. The Balaban J connectivity index is 1.63. The van der Waals surface area contributed by atoms with Crippen molar-refractivity contribution in [3.05, 3.63) is 78.0 Å². The zero-order chi connectivity index (χ0) is 21.3. The fraction of sp³-hybridized carbons (Fsp3) is 0.0952. The first kappa shape index (κ1) is 19.4. The average Bonchev–Trinajstić information content (AvgIpc) is 3.16. The van der Waals surface area contributed by atoms with E-state index in [0.717, 1.165) is 12.1 Å². The average molecular weight is 412 g/mol. The Bertz CT molecular complexity index is 1230. The van der Waals surface area contributed by atoms with E-state index in [0.29, 0.717) is 28.5 Å². The van der Waals surface area contributed by atoms with Crippen LogP contribution in [-0.2, 0) is 6.18 Å². The van der Waals surface area contributed by atoms with Crippen LogP contribution in [0.15, 0.2) is 66.9 Å². The summed E-state index contributed by atoms with van der Waals surface area (Å²) in [5.74, 6) is -0.419. The summed E-state index contributed by atoms with van der Waals surface area (Å²) < 4.78 is 46.2. The van der Waals surface area contributed by atoms with Gasteiger partial charge in [0.25, 0.3) is 5.91 Å². The number of imidazole rings is 1. The maximum atomic E-state index is 13.2. The number of carbonyl (C=O) groups excluding carboxylic acids is 1. The van der Waals surface area contributed by atoms with Crippen molar-refractivity contribution in [3.8, 4) is 17.1 Å². The van der Waals surface area contributed by atoms with Gasteiger partial charge in [-0.2, -0.15) is 13.2 Å². The van der Waals surface area contributed by atoms with Crippen LogP contribution in [0.2, 0.25) is 0 Å². The van der Waals surface area contributed by atoms with Gasteiger partial charge in [0.15, 0.2) is 5.65 Å². The number of nitrogens with one attached hydrogen (secondary N) is 1. The van der Waals surface area contributed by atoms with E-state index in [1.165, 1.54) is 19.2 Å². The van der Waals surface area contributed by atoms with Crippen LogP contribution in [-0.4, -0.2) is 27.6 Å². The van der Waals surface area contributed by atoms with Gasteiger partial charge in [-0.25, -0.2) is 9.50 Å². The molecule has 1 N–H and O–H groups in total. The summed E-state index contributed by atoms with van der Waals surface area (Å²) in [6, 6.07) is 14.8. The highest BCUT2D eigenvalue weighted by molar-refractivity contribution is 6.05. The molecule has 4 aromatic rings. The number of nitrogens with zero attached hydrogens (tertiary/aromatic N) is 3. The number of anilines is 1. The molecule has 2 aromatic heterocycles. The second-order valence-corrected chi connectivity index (χ2v) is 6.38. The van der Waals surface area contributed by atoms with Gasteiger partial charge in [0.05, 0.1) is 30.1 Å². The summed E-state index contributed by atoms with van der Waals surface area (Å²) in [6.07, 6.45) is -2.93. The van der Waals surface area contributed by atoms with Crippen molar-refractivity contribution < 1.29 is 22.7 Å². The molecule has 1 amide bonds. The van der Waals surface area contributed by atoms with E-state index in [1.807, 2.05) is 0 Å². The molecule has 0 spiro atoms. The van der Waals surface area contributed by atoms with Gasteiger partial charge in [0.1, 0.15) is 0 Å². The van der Waals surface area contributed by atoms with Crippen molar-refractivity contribution in [2.45, 2.75) is 6.18 Å². The topological polar surface area (TPSA) is 68.5 Å². The second-order valence-electron chi connectivity index (χ2n) is 6.38. The molecule has 30 heavy (non-hydrogen) atoms. The number of methoxy groups -OCH3 is 1. The van der Waals surface area contributed by atoms with Crippen LogP contribution < -0.4 is 10.1 Å². The number of carbonyl (C=O) groups is 1. The number of amides is 1. The minimum Gasteiger partial charge on any atom is -0.480 e. The number of hydrogen-bond acceptors (Lipinski definition) is 4.